The summed E-state index contributed by atoms with van der Waals surface area (Å²) in [6.45, 7) is 0.735. The smallest absolute Gasteiger partial charge is 0.134 e. The highest BCUT2D eigenvalue weighted by molar-refractivity contribution is 7.98. The number of ether oxygens (including phenoxy) is 2. The normalized spacial score (nSPS) is 12.9. The fourth-order valence-electron chi connectivity index (χ4n) is 2.41. The number of methoxy groups -OCH3 is 1. The van der Waals surface area contributed by atoms with E-state index in [-0.39, 0.29) is 0 Å². The standard InChI is InChI=1S/C16H16ClNO2S/c1-19-14-8-13(18)2-3-15(14)21-9-11-7-12(17)6-10-4-5-20-16(10)11/h2-3,6-8H,4-5,9,18H2,1H3. The van der Waals surface area contributed by atoms with Crippen molar-refractivity contribution in [2.45, 2.75) is 17.1 Å². The third kappa shape index (κ3) is 3.06. The van der Waals surface area contributed by atoms with Gasteiger partial charge < -0.3 is 15.2 Å². The molecule has 21 heavy (non-hydrogen) atoms. The summed E-state index contributed by atoms with van der Waals surface area (Å²) in [7, 11) is 1.65. The second-order valence-electron chi connectivity index (χ2n) is 4.85. The Balaban J connectivity index is 1.83. The molecule has 0 saturated carbocycles. The van der Waals surface area contributed by atoms with Crippen LogP contribution in [0.3, 0.4) is 0 Å². The number of benzene rings is 2. The van der Waals surface area contributed by atoms with E-state index in [4.69, 9.17) is 26.8 Å². The quantitative estimate of drug-likeness (QED) is 0.678. The van der Waals surface area contributed by atoms with Crippen LogP contribution in [0, 0.1) is 0 Å². The average molecular weight is 322 g/mol. The zero-order chi connectivity index (χ0) is 14.8. The number of nitrogen functional groups attached to an aromatic ring is 1. The van der Waals surface area contributed by atoms with Gasteiger partial charge in [-0.05, 0) is 29.8 Å². The Bertz CT molecular complexity index is 676. The van der Waals surface area contributed by atoms with Gasteiger partial charge in [0.25, 0.3) is 0 Å². The highest BCUT2D eigenvalue weighted by atomic mass is 35.5. The van der Waals surface area contributed by atoms with E-state index >= 15 is 0 Å². The van der Waals surface area contributed by atoms with E-state index in [0.29, 0.717) is 5.69 Å². The zero-order valence-electron chi connectivity index (χ0n) is 11.7. The lowest BCUT2D eigenvalue weighted by Crippen LogP contribution is -1.93. The topological polar surface area (TPSA) is 44.5 Å². The van der Waals surface area contributed by atoms with Crippen LogP contribution in [-0.4, -0.2) is 13.7 Å². The van der Waals surface area contributed by atoms with E-state index in [1.807, 2.05) is 30.3 Å². The van der Waals surface area contributed by atoms with E-state index < -0.39 is 0 Å². The molecule has 1 heterocycles. The Hall–Kier alpha value is -1.52. The largest absolute Gasteiger partial charge is 0.496 e. The number of anilines is 1. The molecule has 0 atom stereocenters. The van der Waals surface area contributed by atoms with Crippen LogP contribution in [-0.2, 0) is 12.2 Å². The molecule has 110 valence electrons. The molecule has 2 N–H and O–H groups in total. The molecule has 0 spiro atoms. The molecule has 2 aromatic carbocycles. The molecule has 0 radical (unpaired) electrons. The van der Waals surface area contributed by atoms with Crippen LogP contribution in [0.15, 0.2) is 35.2 Å². The molecule has 0 bridgehead atoms. The third-order valence-electron chi connectivity index (χ3n) is 3.40. The van der Waals surface area contributed by atoms with Gasteiger partial charge in [-0.15, -0.1) is 11.8 Å². The highest BCUT2D eigenvalue weighted by Crippen LogP contribution is 2.38. The maximum absolute atomic E-state index is 6.18. The summed E-state index contributed by atoms with van der Waals surface area (Å²) in [6.07, 6.45) is 0.929. The van der Waals surface area contributed by atoms with Crippen LogP contribution in [0.4, 0.5) is 5.69 Å². The number of hydrogen-bond acceptors (Lipinski definition) is 4. The molecule has 3 rings (SSSR count). The van der Waals surface area contributed by atoms with Crippen LogP contribution < -0.4 is 15.2 Å². The molecule has 1 aliphatic rings. The van der Waals surface area contributed by atoms with Crippen LogP contribution in [0.2, 0.25) is 5.02 Å². The number of fused-ring (bicyclic) bond motifs is 1. The SMILES string of the molecule is COc1cc(N)ccc1SCc1cc(Cl)cc2c1OCC2. The van der Waals surface area contributed by atoms with Gasteiger partial charge in [0.05, 0.1) is 13.7 Å². The lowest BCUT2D eigenvalue weighted by molar-refractivity contribution is 0.354. The van der Waals surface area contributed by atoms with Crippen LogP contribution >= 0.6 is 23.4 Å². The maximum atomic E-state index is 6.18. The van der Waals surface area contributed by atoms with E-state index in [1.165, 1.54) is 5.56 Å². The molecule has 2 aromatic rings. The summed E-state index contributed by atoms with van der Waals surface area (Å²) in [4.78, 5) is 1.05. The summed E-state index contributed by atoms with van der Waals surface area (Å²) in [6, 6.07) is 9.65. The Morgan fingerprint density at radius 2 is 2.19 bits per heavy atom. The number of nitrogens with two attached hydrogens (primary N) is 1. The van der Waals surface area contributed by atoms with Crippen molar-refractivity contribution >= 4 is 29.1 Å². The molecular weight excluding hydrogens is 306 g/mol. The minimum atomic E-state index is 0.697. The van der Waals surface area contributed by atoms with Gasteiger partial charge >= 0.3 is 0 Å². The Labute approximate surface area is 133 Å². The van der Waals surface area contributed by atoms with Gasteiger partial charge in [-0.25, -0.2) is 0 Å². The second kappa shape index (κ2) is 6.08. The molecule has 0 amide bonds. The van der Waals surface area contributed by atoms with Crippen molar-refractivity contribution in [1.82, 2.24) is 0 Å². The predicted octanol–water partition coefficient (Wildman–Crippen LogP) is 4.16. The van der Waals surface area contributed by atoms with Gasteiger partial charge in [0.15, 0.2) is 0 Å². The van der Waals surface area contributed by atoms with Gasteiger partial charge in [-0.1, -0.05) is 11.6 Å². The average Bonchev–Trinajstić information content (AvgIpc) is 2.93. The minimum Gasteiger partial charge on any atom is -0.496 e. The summed E-state index contributed by atoms with van der Waals surface area (Å²) in [5.41, 5.74) is 8.80. The first kappa shape index (κ1) is 14.4. The van der Waals surface area contributed by atoms with E-state index in [9.17, 15) is 0 Å². The van der Waals surface area contributed by atoms with Gasteiger partial charge in [-0.3, -0.25) is 0 Å². The molecule has 0 saturated heterocycles. The molecular formula is C16H16ClNO2S. The molecule has 5 heteroatoms. The number of thioether (sulfide) groups is 1. The minimum absolute atomic E-state index is 0.697. The van der Waals surface area contributed by atoms with Crippen molar-refractivity contribution in [3.8, 4) is 11.5 Å². The van der Waals surface area contributed by atoms with Crippen molar-refractivity contribution in [3.05, 3.63) is 46.5 Å². The van der Waals surface area contributed by atoms with Crippen LogP contribution in [0.1, 0.15) is 11.1 Å². The van der Waals surface area contributed by atoms with E-state index in [0.717, 1.165) is 45.8 Å². The number of rotatable bonds is 4. The third-order valence-corrected chi connectivity index (χ3v) is 4.72. The van der Waals surface area contributed by atoms with Crippen molar-refractivity contribution in [2.75, 3.05) is 19.5 Å². The monoisotopic (exact) mass is 321 g/mol. The first-order chi connectivity index (χ1) is 10.2. The van der Waals surface area contributed by atoms with Crippen molar-refractivity contribution in [1.29, 1.82) is 0 Å². The Morgan fingerprint density at radius 1 is 1.33 bits per heavy atom. The van der Waals surface area contributed by atoms with E-state index in [1.54, 1.807) is 18.9 Å². The fraction of sp³-hybridized carbons (Fsp3) is 0.250. The van der Waals surface area contributed by atoms with Gasteiger partial charge in [0.1, 0.15) is 11.5 Å². The fourth-order valence-corrected chi connectivity index (χ4v) is 3.65. The Morgan fingerprint density at radius 3 is 3.00 bits per heavy atom. The van der Waals surface area contributed by atoms with Crippen molar-refractivity contribution in [3.63, 3.8) is 0 Å². The molecule has 1 aliphatic heterocycles. The summed E-state index contributed by atoms with van der Waals surface area (Å²) in [5.74, 6) is 2.56. The molecule has 0 aliphatic carbocycles. The maximum Gasteiger partial charge on any atom is 0.134 e. The number of halogens is 1. The summed E-state index contributed by atoms with van der Waals surface area (Å²) < 4.78 is 11.1. The van der Waals surface area contributed by atoms with Gasteiger partial charge in [-0.2, -0.15) is 0 Å². The number of hydrogen-bond donors (Lipinski definition) is 1. The highest BCUT2D eigenvalue weighted by Gasteiger charge is 2.18. The van der Waals surface area contributed by atoms with Crippen LogP contribution in [0.5, 0.6) is 11.5 Å². The molecule has 0 unspecified atom stereocenters. The second-order valence-corrected chi connectivity index (χ2v) is 6.30. The summed E-state index contributed by atoms with van der Waals surface area (Å²) >= 11 is 7.87. The predicted molar refractivity (Wildman–Crippen MR) is 87.6 cm³/mol. The van der Waals surface area contributed by atoms with E-state index in [2.05, 4.69) is 0 Å². The lowest BCUT2D eigenvalue weighted by Gasteiger charge is -2.11. The lowest BCUT2D eigenvalue weighted by atomic mass is 10.1. The van der Waals surface area contributed by atoms with Crippen molar-refractivity contribution in [2.24, 2.45) is 0 Å². The molecule has 0 fully saturated rings. The Kier molecular flexibility index (Phi) is 4.17. The summed E-state index contributed by atoms with van der Waals surface area (Å²) in [5, 5.41) is 0.763. The van der Waals surface area contributed by atoms with Crippen LogP contribution in [0.25, 0.3) is 0 Å². The molecule has 3 nitrogen and oxygen atoms in total. The van der Waals surface area contributed by atoms with Crippen molar-refractivity contribution < 1.29 is 9.47 Å². The first-order valence-electron chi connectivity index (χ1n) is 6.68. The zero-order valence-corrected chi connectivity index (χ0v) is 13.3. The van der Waals surface area contributed by atoms with Gasteiger partial charge in [0, 0.05) is 39.4 Å². The first-order valence-corrected chi connectivity index (χ1v) is 8.04. The van der Waals surface area contributed by atoms with Gasteiger partial charge in [0.2, 0.25) is 0 Å². The molecule has 0 aromatic heterocycles.